The van der Waals surface area contributed by atoms with Gasteiger partial charge in [-0.1, -0.05) is 17.7 Å². The van der Waals surface area contributed by atoms with E-state index in [1.807, 2.05) is 13.0 Å². The van der Waals surface area contributed by atoms with Gasteiger partial charge < -0.3 is 10.4 Å². The van der Waals surface area contributed by atoms with Gasteiger partial charge in [-0.3, -0.25) is 4.79 Å². The lowest BCUT2D eigenvalue weighted by molar-refractivity contribution is -0.215. The van der Waals surface area contributed by atoms with E-state index in [1.165, 1.54) is 24.3 Å². The standard InChI is InChI=1S/C16H16N2O4S/c1-11-4-3-5-13(10-11)16(20)17-14-6-8-15(9-7-14)23(21,22)18-12(2)19/h3-10H,1-2H3,(H,17,20)(H,18,19)/p-1. The maximum absolute atomic E-state index is 12.1. The Kier molecular flexibility index (Phi) is 4.80. The summed E-state index contributed by atoms with van der Waals surface area (Å²) < 4.78 is 26.6. The van der Waals surface area contributed by atoms with Crippen molar-refractivity contribution in [3.05, 3.63) is 59.7 Å². The van der Waals surface area contributed by atoms with Crippen LogP contribution in [0.5, 0.6) is 0 Å². The molecule has 0 aliphatic carbocycles. The molecule has 0 radical (unpaired) electrons. The molecule has 0 spiro atoms. The van der Waals surface area contributed by atoms with Gasteiger partial charge >= 0.3 is 0 Å². The number of benzene rings is 2. The molecule has 1 amide bonds. The van der Waals surface area contributed by atoms with Gasteiger partial charge in [-0.2, -0.15) is 12.8 Å². The lowest BCUT2D eigenvalue weighted by Gasteiger charge is -2.07. The van der Waals surface area contributed by atoms with E-state index >= 15 is 0 Å². The molecule has 7 heteroatoms. The first-order valence-corrected chi connectivity index (χ1v) is 8.18. The zero-order valence-corrected chi connectivity index (χ0v) is 13.4. The van der Waals surface area contributed by atoms with Crippen molar-refractivity contribution in [2.45, 2.75) is 18.7 Å². The van der Waals surface area contributed by atoms with Crippen LogP contribution >= 0.6 is 0 Å². The predicted molar refractivity (Wildman–Crippen MR) is 85.9 cm³/mol. The minimum absolute atomic E-state index is 0.110. The lowest BCUT2D eigenvalue weighted by Crippen LogP contribution is -2.15. The third-order valence-electron chi connectivity index (χ3n) is 2.94. The highest BCUT2D eigenvalue weighted by Gasteiger charge is 2.12. The van der Waals surface area contributed by atoms with Crippen LogP contribution < -0.4 is 10.4 Å². The largest absolute Gasteiger partial charge is 0.861 e. The van der Waals surface area contributed by atoms with Crippen molar-refractivity contribution in [3.8, 4) is 0 Å². The lowest BCUT2D eigenvalue weighted by atomic mass is 10.1. The van der Waals surface area contributed by atoms with Crippen LogP contribution in [0.4, 0.5) is 5.69 Å². The molecule has 2 rings (SSSR count). The monoisotopic (exact) mass is 331 g/mol. The number of sulfonamides is 1. The average molecular weight is 331 g/mol. The second kappa shape index (κ2) is 6.62. The third-order valence-corrected chi connectivity index (χ3v) is 4.30. The van der Waals surface area contributed by atoms with Gasteiger partial charge in [0.1, 0.15) is 0 Å². The zero-order valence-electron chi connectivity index (χ0n) is 12.6. The van der Waals surface area contributed by atoms with Gasteiger partial charge in [-0.15, -0.1) is 0 Å². The third kappa shape index (κ3) is 4.40. The molecule has 0 aliphatic heterocycles. The maximum Gasteiger partial charge on any atom is 0.281 e. The molecule has 0 saturated heterocycles. The fourth-order valence-corrected chi connectivity index (χ4v) is 2.85. The van der Waals surface area contributed by atoms with E-state index < -0.39 is 15.9 Å². The smallest absolute Gasteiger partial charge is 0.281 e. The Balaban J connectivity index is 2.18. The summed E-state index contributed by atoms with van der Waals surface area (Å²) in [5.41, 5.74) is 1.91. The molecule has 0 unspecified atom stereocenters. The Hall–Kier alpha value is -2.67. The van der Waals surface area contributed by atoms with Crippen molar-refractivity contribution in [2.75, 3.05) is 5.32 Å². The number of aryl methyl sites for hydroxylation is 1. The summed E-state index contributed by atoms with van der Waals surface area (Å²) in [6, 6.07) is 12.6. The van der Waals surface area contributed by atoms with Gasteiger partial charge in [0, 0.05) is 11.3 Å². The Bertz CT molecular complexity index is 852. The summed E-state index contributed by atoms with van der Waals surface area (Å²) in [6.07, 6.45) is 0. The van der Waals surface area contributed by atoms with Gasteiger partial charge in [0.05, 0.1) is 4.90 Å². The van der Waals surface area contributed by atoms with Crippen molar-refractivity contribution < 1.29 is 18.3 Å². The molecular weight excluding hydrogens is 316 g/mol. The number of hydrogen-bond acceptors (Lipinski definition) is 4. The molecule has 23 heavy (non-hydrogen) atoms. The number of hydrogen-bond donors (Lipinski definition) is 1. The Morgan fingerprint density at radius 1 is 1.13 bits per heavy atom. The topological polar surface area (TPSA) is 98.7 Å². The first-order valence-electron chi connectivity index (χ1n) is 6.74. The van der Waals surface area contributed by atoms with Crippen LogP contribution in [0.25, 0.3) is 0 Å². The first-order chi connectivity index (χ1) is 10.8. The minimum Gasteiger partial charge on any atom is -0.861 e. The fraction of sp³-hybridized carbons (Fsp3) is 0.125. The van der Waals surface area contributed by atoms with E-state index in [0.717, 1.165) is 12.5 Å². The van der Waals surface area contributed by atoms with E-state index in [2.05, 4.69) is 9.71 Å². The van der Waals surface area contributed by atoms with Crippen molar-refractivity contribution in [3.63, 3.8) is 0 Å². The number of anilines is 1. The molecule has 0 aromatic heterocycles. The van der Waals surface area contributed by atoms with Crippen LogP contribution in [0.1, 0.15) is 22.8 Å². The molecule has 0 fully saturated rings. The van der Waals surface area contributed by atoms with Gasteiger partial charge in [0.25, 0.3) is 15.9 Å². The summed E-state index contributed by atoms with van der Waals surface area (Å²) in [5.74, 6) is -1.08. The van der Waals surface area contributed by atoms with Gasteiger partial charge in [-0.05, 0) is 56.1 Å². The van der Waals surface area contributed by atoms with Gasteiger partial charge in [0.15, 0.2) is 0 Å². The van der Waals surface area contributed by atoms with Crippen LogP contribution in [0.2, 0.25) is 0 Å². The second-order valence-corrected chi connectivity index (χ2v) is 6.54. The van der Waals surface area contributed by atoms with Gasteiger partial charge in [0.2, 0.25) is 0 Å². The van der Waals surface area contributed by atoms with E-state index in [0.29, 0.717) is 11.3 Å². The molecule has 2 aromatic carbocycles. The predicted octanol–water partition coefficient (Wildman–Crippen LogP) is 1.71. The SMILES string of the molecule is CC([O-])=NS(=O)(=O)c1ccc(NC(=O)c2cccc(C)c2)cc1. The van der Waals surface area contributed by atoms with Crippen LogP contribution in [-0.4, -0.2) is 20.2 Å². The Morgan fingerprint density at radius 2 is 1.78 bits per heavy atom. The summed E-state index contributed by atoms with van der Waals surface area (Å²) in [5, 5.41) is 13.5. The Morgan fingerprint density at radius 3 is 2.35 bits per heavy atom. The Labute approximate surface area is 134 Å². The van der Waals surface area contributed by atoms with E-state index in [1.54, 1.807) is 18.2 Å². The number of nitrogens with one attached hydrogen (secondary N) is 1. The summed E-state index contributed by atoms with van der Waals surface area (Å²) in [6.45, 7) is 2.95. The molecule has 0 aliphatic rings. The highest BCUT2D eigenvalue weighted by Crippen LogP contribution is 2.17. The number of carbonyl (C=O) groups excluding carboxylic acids is 1. The average Bonchev–Trinajstić information content (AvgIpc) is 2.46. The number of amides is 1. The van der Waals surface area contributed by atoms with E-state index in [9.17, 15) is 18.3 Å². The zero-order chi connectivity index (χ0) is 17.0. The molecule has 1 N–H and O–H groups in total. The van der Waals surface area contributed by atoms with Crippen molar-refractivity contribution in [1.82, 2.24) is 0 Å². The van der Waals surface area contributed by atoms with Crippen LogP contribution in [-0.2, 0) is 10.0 Å². The summed E-state index contributed by atoms with van der Waals surface area (Å²) >= 11 is 0. The van der Waals surface area contributed by atoms with Crippen molar-refractivity contribution in [1.29, 1.82) is 0 Å². The quantitative estimate of drug-likeness (QED) is 0.681. The molecule has 2 aromatic rings. The fourth-order valence-electron chi connectivity index (χ4n) is 1.92. The van der Waals surface area contributed by atoms with E-state index in [-0.39, 0.29) is 10.8 Å². The normalized spacial score (nSPS) is 12.0. The highest BCUT2D eigenvalue weighted by atomic mass is 32.2. The van der Waals surface area contributed by atoms with Crippen molar-refractivity contribution >= 4 is 27.5 Å². The second-order valence-electron chi connectivity index (χ2n) is 4.93. The van der Waals surface area contributed by atoms with Crippen LogP contribution in [0, 0.1) is 6.92 Å². The highest BCUT2D eigenvalue weighted by molar-refractivity contribution is 7.90. The maximum atomic E-state index is 12.1. The molecule has 0 bridgehead atoms. The summed E-state index contributed by atoms with van der Waals surface area (Å²) in [7, 11) is -4.00. The number of carbonyl (C=O) groups is 1. The van der Waals surface area contributed by atoms with Crippen LogP contribution in [0.3, 0.4) is 0 Å². The molecular formula is C16H15N2O4S-. The molecule has 0 heterocycles. The molecule has 6 nitrogen and oxygen atoms in total. The number of nitrogens with zero attached hydrogens (tertiary/aromatic N) is 1. The van der Waals surface area contributed by atoms with Gasteiger partial charge in [-0.25, -0.2) is 0 Å². The first kappa shape index (κ1) is 16.7. The molecule has 0 atom stereocenters. The minimum atomic E-state index is -4.00. The van der Waals surface area contributed by atoms with E-state index in [4.69, 9.17) is 0 Å². The molecule has 0 saturated carbocycles. The van der Waals surface area contributed by atoms with Crippen molar-refractivity contribution in [2.24, 2.45) is 4.40 Å². The summed E-state index contributed by atoms with van der Waals surface area (Å²) in [4.78, 5) is 12.0. The molecule has 120 valence electrons. The van der Waals surface area contributed by atoms with Crippen LogP contribution in [0.15, 0.2) is 57.8 Å². The number of rotatable bonds is 4.